The second-order valence-corrected chi connectivity index (χ2v) is 5.53. The van der Waals surface area contributed by atoms with Gasteiger partial charge < -0.3 is 19.4 Å². The lowest BCUT2D eigenvalue weighted by Crippen LogP contribution is -2.21. The van der Waals surface area contributed by atoms with Gasteiger partial charge in [-0.1, -0.05) is 12.1 Å². The SMILES string of the molecule is CCn1c(C)cc(C(=O)OCC(=O)Nc2ccccc2OC(F)F)c1C. The van der Waals surface area contributed by atoms with Crippen LogP contribution in [0.25, 0.3) is 0 Å². The molecule has 0 saturated heterocycles. The van der Waals surface area contributed by atoms with Gasteiger partial charge in [0.05, 0.1) is 11.3 Å². The summed E-state index contributed by atoms with van der Waals surface area (Å²) in [4.78, 5) is 24.1. The minimum atomic E-state index is -3.01. The standard InChI is InChI=1S/C18H20F2N2O4/c1-4-22-11(2)9-13(12(22)3)17(24)25-10-16(23)21-14-7-5-6-8-15(14)26-18(19)20/h5-9,18H,4,10H2,1-3H3,(H,21,23). The van der Waals surface area contributed by atoms with Crippen LogP contribution < -0.4 is 10.1 Å². The normalized spacial score (nSPS) is 10.7. The van der Waals surface area contributed by atoms with E-state index in [4.69, 9.17) is 4.74 Å². The van der Waals surface area contributed by atoms with E-state index in [1.807, 2.05) is 18.4 Å². The molecule has 1 amide bonds. The summed E-state index contributed by atoms with van der Waals surface area (Å²) in [7, 11) is 0. The van der Waals surface area contributed by atoms with E-state index in [0.717, 1.165) is 11.4 Å². The zero-order valence-electron chi connectivity index (χ0n) is 14.7. The molecule has 0 spiro atoms. The number of anilines is 1. The summed E-state index contributed by atoms with van der Waals surface area (Å²) in [5.74, 6) is -1.45. The van der Waals surface area contributed by atoms with Gasteiger partial charge in [-0.2, -0.15) is 8.78 Å². The lowest BCUT2D eigenvalue weighted by atomic mass is 10.2. The quantitative estimate of drug-likeness (QED) is 0.761. The Morgan fingerprint density at radius 3 is 2.54 bits per heavy atom. The van der Waals surface area contributed by atoms with Gasteiger partial charge in [-0.3, -0.25) is 4.79 Å². The lowest BCUT2D eigenvalue weighted by molar-refractivity contribution is -0.119. The lowest BCUT2D eigenvalue weighted by Gasteiger charge is -2.11. The largest absolute Gasteiger partial charge is 0.452 e. The van der Waals surface area contributed by atoms with Gasteiger partial charge in [0.25, 0.3) is 5.91 Å². The Morgan fingerprint density at radius 2 is 1.92 bits per heavy atom. The van der Waals surface area contributed by atoms with Crippen LogP contribution in [0.1, 0.15) is 28.7 Å². The fourth-order valence-electron chi connectivity index (χ4n) is 2.66. The van der Waals surface area contributed by atoms with Crippen LogP contribution in [-0.4, -0.2) is 29.7 Å². The number of esters is 1. The maximum Gasteiger partial charge on any atom is 0.387 e. The van der Waals surface area contributed by atoms with Crippen LogP contribution in [0.4, 0.5) is 14.5 Å². The molecule has 6 nitrogen and oxygen atoms in total. The maximum atomic E-state index is 12.4. The molecular formula is C18H20F2N2O4. The van der Waals surface area contributed by atoms with Crippen molar-refractivity contribution >= 4 is 17.6 Å². The van der Waals surface area contributed by atoms with E-state index in [2.05, 4.69) is 10.1 Å². The Balaban J connectivity index is 1.98. The highest BCUT2D eigenvalue weighted by Gasteiger charge is 2.18. The highest BCUT2D eigenvalue weighted by Crippen LogP contribution is 2.25. The molecule has 1 aromatic carbocycles. The van der Waals surface area contributed by atoms with Gasteiger partial charge in [0.15, 0.2) is 6.61 Å². The van der Waals surface area contributed by atoms with Crippen molar-refractivity contribution in [2.45, 2.75) is 33.9 Å². The fraction of sp³-hybridized carbons (Fsp3) is 0.333. The smallest absolute Gasteiger partial charge is 0.387 e. The van der Waals surface area contributed by atoms with Gasteiger partial charge in [-0.05, 0) is 39.0 Å². The fourth-order valence-corrected chi connectivity index (χ4v) is 2.66. The van der Waals surface area contributed by atoms with Crippen molar-refractivity contribution in [1.29, 1.82) is 0 Å². The van der Waals surface area contributed by atoms with Crippen LogP contribution in [0.3, 0.4) is 0 Å². The Bertz CT molecular complexity index is 802. The van der Waals surface area contributed by atoms with Crippen molar-refractivity contribution in [3.8, 4) is 5.75 Å². The number of hydrogen-bond donors (Lipinski definition) is 1. The monoisotopic (exact) mass is 366 g/mol. The third-order valence-corrected chi connectivity index (χ3v) is 3.82. The number of amides is 1. The first-order valence-electron chi connectivity index (χ1n) is 8.01. The molecule has 0 aliphatic rings. The summed E-state index contributed by atoms with van der Waals surface area (Å²) in [5.41, 5.74) is 2.13. The Morgan fingerprint density at radius 1 is 1.23 bits per heavy atom. The highest BCUT2D eigenvalue weighted by molar-refractivity contribution is 5.96. The van der Waals surface area contributed by atoms with E-state index in [-0.39, 0.29) is 11.4 Å². The first-order valence-corrected chi connectivity index (χ1v) is 8.01. The number of ether oxygens (including phenoxy) is 2. The first kappa shape index (κ1) is 19.4. The molecule has 0 fully saturated rings. The van der Waals surface area contributed by atoms with Gasteiger partial charge in [0.1, 0.15) is 5.75 Å². The van der Waals surface area contributed by atoms with Crippen molar-refractivity contribution in [3.05, 3.63) is 47.3 Å². The number of aryl methyl sites for hydroxylation is 1. The molecule has 0 saturated carbocycles. The molecule has 1 aromatic heterocycles. The topological polar surface area (TPSA) is 69.6 Å². The number of para-hydroxylation sites is 2. The van der Waals surface area contributed by atoms with E-state index < -0.39 is 25.1 Å². The van der Waals surface area contributed by atoms with Crippen molar-refractivity contribution in [1.82, 2.24) is 4.57 Å². The third kappa shape index (κ3) is 4.59. The van der Waals surface area contributed by atoms with Crippen LogP contribution in [0.15, 0.2) is 30.3 Å². The van der Waals surface area contributed by atoms with Crippen LogP contribution in [0.5, 0.6) is 5.75 Å². The maximum absolute atomic E-state index is 12.4. The minimum absolute atomic E-state index is 0.0676. The molecule has 0 radical (unpaired) electrons. The minimum Gasteiger partial charge on any atom is -0.452 e. The van der Waals surface area contributed by atoms with Crippen molar-refractivity contribution in [2.75, 3.05) is 11.9 Å². The van der Waals surface area contributed by atoms with E-state index >= 15 is 0 Å². The summed E-state index contributed by atoms with van der Waals surface area (Å²) in [5, 5.41) is 2.39. The average molecular weight is 366 g/mol. The van der Waals surface area contributed by atoms with Gasteiger partial charge in [0, 0.05) is 17.9 Å². The molecule has 0 unspecified atom stereocenters. The highest BCUT2D eigenvalue weighted by atomic mass is 19.3. The number of benzene rings is 1. The zero-order valence-corrected chi connectivity index (χ0v) is 14.7. The Hall–Kier alpha value is -2.90. The zero-order chi connectivity index (χ0) is 19.3. The van der Waals surface area contributed by atoms with E-state index in [1.54, 1.807) is 19.1 Å². The van der Waals surface area contributed by atoms with Crippen molar-refractivity contribution in [3.63, 3.8) is 0 Å². The second-order valence-electron chi connectivity index (χ2n) is 5.53. The van der Waals surface area contributed by atoms with E-state index in [9.17, 15) is 18.4 Å². The number of nitrogens with zero attached hydrogens (tertiary/aromatic N) is 1. The predicted molar refractivity (Wildman–Crippen MR) is 91.6 cm³/mol. The Labute approximate surface area is 149 Å². The number of halogens is 2. The number of aromatic nitrogens is 1. The summed E-state index contributed by atoms with van der Waals surface area (Å²) in [6.45, 7) is 2.79. The molecule has 1 heterocycles. The molecule has 8 heteroatoms. The molecule has 26 heavy (non-hydrogen) atoms. The van der Waals surface area contributed by atoms with Crippen LogP contribution in [0, 0.1) is 13.8 Å². The summed E-state index contributed by atoms with van der Waals surface area (Å²) >= 11 is 0. The number of rotatable bonds is 7. The molecule has 0 atom stereocenters. The Kier molecular flexibility index (Phi) is 6.32. The molecule has 0 bridgehead atoms. The number of hydrogen-bond acceptors (Lipinski definition) is 4. The van der Waals surface area contributed by atoms with E-state index in [1.165, 1.54) is 18.2 Å². The molecule has 140 valence electrons. The second kappa shape index (κ2) is 8.46. The van der Waals surface area contributed by atoms with Crippen molar-refractivity contribution < 1.29 is 27.8 Å². The van der Waals surface area contributed by atoms with E-state index in [0.29, 0.717) is 12.1 Å². The molecule has 2 aromatic rings. The summed E-state index contributed by atoms with van der Waals surface area (Å²) in [6.07, 6.45) is 0. The van der Waals surface area contributed by atoms with Crippen molar-refractivity contribution in [2.24, 2.45) is 0 Å². The molecule has 1 N–H and O–H groups in total. The van der Waals surface area contributed by atoms with Crippen LogP contribution in [0.2, 0.25) is 0 Å². The summed E-state index contributed by atoms with van der Waals surface area (Å²) in [6, 6.07) is 7.46. The molecule has 2 rings (SSSR count). The van der Waals surface area contributed by atoms with Gasteiger partial charge in [-0.15, -0.1) is 0 Å². The van der Waals surface area contributed by atoms with Gasteiger partial charge in [0.2, 0.25) is 0 Å². The van der Waals surface area contributed by atoms with Gasteiger partial charge >= 0.3 is 12.6 Å². The predicted octanol–water partition coefficient (Wildman–Crippen LogP) is 3.52. The average Bonchev–Trinajstić information content (AvgIpc) is 2.88. The number of carbonyl (C=O) groups is 2. The number of alkyl halides is 2. The molecule has 0 aliphatic carbocycles. The molecule has 0 aliphatic heterocycles. The summed E-state index contributed by atoms with van der Waals surface area (Å²) < 4.78 is 36.1. The first-order chi connectivity index (χ1) is 12.3. The molecular weight excluding hydrogens is 346 g/mol. The van der Waals surface area contributed by atoms with Crippen LogP contribution >= 0.6 is 0 Å². The number of nitrogens with one attached hydrogen (secondary N) is 1. The van der Waals surface area contributed by atoms with Crippen LogP contribution in [-0.2, 0) is 16.1 Å². The number of carbonyl (C=O) groups excluding carboxylic acids is 2. The third-order valence-electron chi connectivity index (χ3n) is 3.82. The van der Waals surface area contributed by atoms with Gasteiger partial charge in [-0.25, -0.2) is 4.79 Å².